The predicted octanol–water partition coefficient (Wildman–Crippen LogP) is 4.40. The fourth-order valence-corrected chi connectivity index (χ4v) is 3.18. The molecule has 5 nitrogen and oxygen atoms in total. The fraction of sp³-hybridized carbons (Fsp3) is 0.474. The van der Waals surface area contributed by atoms with Gasteiger partial charge in [-0.1, -0.05) is 39.0 Å². The zero-order valence-electron chi connectivity index (χ0n) is 16.2. The lowest BCUT2D eigenvalue weighted by Crippen LogP contribution is -2.40. The van der Waals surface area contributed by atoms with Crippen molar-refractivity contribution in [2.24, 2.45) is 7.05 Å². The number of hydrogen-bond donors (Lipinski definition) is 0. The average molecular weight is 361 g/mol. The first-order chi connectivity index (χ1) is 11.6. The number of ether oxygens (including phenoxy) is 1. The number of carbonyl (C=O) groups is 1. The second-order valence-electron chi connectivity index (χ2n) is 7.73. The third-order valence-electron chi connectivity index (χ3n) is 4.97. The van der Waals surface area contributed by atoms with Crippen LogP contribution in [-0.4, -0.2) is 31.2 Å². The minimum atomic E-state index is -1.83. The van der Waals surface area contributed by atoms with Crippen molar-refractivity contribution in [3.63, 3.8) is 0 Å². The smallest absolute Gasteiger partial charge is 0.338 e. The molecule has 1 aromatic carbocycles. The summed E-state index contributed by atoms with van der Waals surface area (Å²) in [6.45, 7) is 11.6. The standard InChI is InChI=1S/C19H28N2O3Si/c1-19(2,3)25(6,7)24-13-14-12-17(20-21(14)4)15-10-8-9-11-16(15)18(22)23-5/h8-12H,13H2,1-7H3. The highest BCUT2D eigenvalue weighted by Gasteiger charge is 2.37. The van der Waals surface area contributed by atoms with Gasteiger partial charge < -0.3 is 9.16 Å². The molecule has 0 radical (unpaired) electrons. The van der Waals surface area contributed by atoms with Crippen molar-refractivity contribution >= 4 is 14.3 Å². The van der Waals surface area contributed by atoms with Gasteiger partial charge in [-0.05, 0) is 30.3 Å². The number of benzene rings is 1. The molecule has 0 aliphatic carbocycles. The van der Waals surface area contributed by atoms with Crippen molar-refractivity contribution in [3.05, 3.63) is 41.6 Å². The van der Waals surface area contributed by atoms with Gasteiger partial charge in [0.05, 0.1) is 30.7 Å². The normalized spacial score (nSPS) is 12.3. The van der Waals surface area contributed by atoms with Gasteiger partial charge in [0.1, 0.15) is 0 Å². The molecule has 0 unspecified atom stereocenters. The van der Waals surface area contributed by atoms with Crippen molar-refractivity contribution in [3.8, 4) is 11.3 Å². The summed E-state index contributed by atoms with van der Waals surface area (Å²) in [7, 11) is 1.45. The van der Waals surface area contributed by atoms with E-state index in [-0.39, 0.29) is 11.0 Å². The highest BCUT2D eigenvalue weighted by atomic mass is 28.4. The molecule has 0 fully saturated rings. The maximum Gasteiger partial charge on any atom is 0.338 e. The summed E-state index contributed by atoms with van der Waals surface area (Å²) in [5.74, 6) is -0.361. The van der Waals surface area contributed by atoms with E-state index in [4.69, 9.17) is 9.16 Å². The Kier molecular flexibility index (Phi) is 5.54. The lowest BCUT2D eigenvalue weighted by Gasteiger charge is -2.36. The molecule has 2 rings (SSSR count). The molecule has 2 aromatic rings. The van der Waals surface area contributed by atoms with Gasteiger partial charge in [-0.15, -0.1) is 0 Å². The van der Waals surface area contributed by atoms with Crippen LogP contribution in [-0.2, 0) is 22.8 Å². The Morgan fingerprint density at radius 1 is 1.24 bits per heavy atom. The highest BCUT2D eigenvalue weighted by Crippen LogP contribution is 2.37. The molecule has 0 amide bonds. The maximum atomic E-state index is 12.0. The van der Waals surface area contributed by atoms with Crippen LogP contribution in [0.3, 0.4) is 0 Å². The molecular weight excluding hydrogens is 332 g/mol. The fourth-order valence-electron chi connectivity index (χ4n) is 2.24. The number of rotatable bonds is 5. The molecule has 136 valence electrons. The molecule has 0 spiro atoms. The van der Waals surface area contributed by atoms with Crippen LogP contribution in [0.15, 0.2) is 30.3 Å². The van der Waals surface area contributed by atoms with Crippen molar-refractivity contribution in [1.29, 1.82) is 0 Å². The van der Waals surface area contributed by atoms with E-state index in [1.165, 1.54) is 7.11 Å². The van der Waals surface area contributed by atoms with E-state index in [1.54, 1.807) is 6.07 Å². The summed E-state index contributed by atoms with van der Waals surface area (Å²) in [6, 6.07) is 9.33. The number of hydrogen-bond acceptors (Lipinski definition) is 4. The number of carbonyl (C=O) groups excluding carboxylic acids is 1. The van der Waals surface area contributed by atoms with E-state index >= 15 is 0 Å². The molecule has 1 heterocycles. The van der Waals surface area contributed by atoms with E-state index < -0.39 is 8.32 Å². The third kappa shape index (κ3) is 4.19. The summed E-state index contributed by atoms with van der Waals surface area (Å²) < 4.78 is 13.0. The van der Waals surface area contributed by atoms with Gasteiger partial charge in [0.2, 0.25) is 0 Å². The van der Waals surface area contributed by atoms with Crippen LogP contribution in [0, 0.1) is 0 Å². The van der Waals surface area contributed by atoms with Crippen LogP contribution >= 0.6 is 0 Å². The van der Waals surface area contributed by atoms with Crippen LogP contribution in [0.4, 0.5) is 0 Å². The monoisotopic (exact) mass is 360 g/mol. The minimum absolute atomic E-state index is 0.159. The molecule has 0 atom stereocenters. The first-order valence-corrected chi connectivity index (χ1v) is 11.3. The molecular formula is C19H28N2O3Si. The third-order valence-corrected chi connectivity index (χ3v) is 9.45. The molecule has 0 saturated carbocycles. The predicted molar refractivity (Wildman–Crippen MR) is 102 cm³/mol. The minimum Gasteiger partial charge on any atom is -0.465 e. The quantitative estimate of drug-likeness (QED) is 0.586. The Balaban J connectivity index is 2.29. The van der Waals surface area contributed by atoms with Crippen LogP contribution in [0.5, 0.6) is 0 Å². The van der Waals surface area contributed by atoms with Crippen LogP contribution < -0.4 is 0 Å². The first kappa shape index (κ1) is 19.4. The van der Waals surface area contributed by atoms with E-state index in [0.717, 1.165) is 17.0 Å². The van der Waals surface area contributed by atoms with Gasteiger partial charge in [-0.25, -0.2) is 4.79 Å². The number of aryl methyl sites for hydroxylation is 1. The SMILES string of the molecule is COC(=O)c1ccccc1-c1cc(CO[Si](C)(C)C(C)(C)C)n(C)n1. The molecule has 6 heteroatoms. The Morgan fingerprint density at radius 3 is 2.48 bits per heavy atom. The summed E-state index contributed by atoms with van der Waals surface area (Å²) in [5, 5.41) is 4.72. The highest BCUT2D eigenvalue weighted by molar-refractivity contribution is 6.74. The van der Waals surface area contributed by atoms with Crippen LogP contribution in [0.1, 0.15) is 36.8 Å². The van der Waals surface area contributed by atoms with Gasteiger partial charge in [0, 0.05) is 12.6 Å². The Labute approximate surface area is 151 Å². The Hall–Kier alpha value is -1.92. The maximum absolute atomic E-state index is 12.0. The van der Waals surface area contributed by atoms with Crippen molar-refractivity contribution < 1.29 is 14.0 Å². The lowest BCUT2D eigenvalue weighted by molar-refractivity contribution is 0.0601. The van der Waals surface area contributed by atoms with Gasteiger partial charge in [0.25, 0.3) is 0 Å². The summed E-state index contributed by atoms with van der Waals surface area (Å²) >= 11 is 0. The van der Waals surface area contributed by atoms with Gasteiger partial charge >= 0.3 is 5.97 Å². The molecule has 25 heavy (non-hydrogen) atoms. The Bertz CT molecular complexity index is 760. The molecule has 0 aliphatic rings. The first-order valence-electron chi connectivity index (χ1n) is 8.41. The molecule has 0 aliphatic heterocycles. The van der Waals surface area contributed by atoms with E-state index in [1.807, 2.05) is 36.0 Å². The van der Waals surface area contributed by atoms with Gasteiger partial charge in [0.15, 0.2) is 8.32 Å². The van der Waals surface area contributed by atoms with E-state index in [2.05, 4.69) is 39.0 Å². The molecule has 0 saturated heterocycles. The number of methoxy groups -OCH3 is 1. The van der Waals surface area contributed by atoms with Crippen LogP contribution in [0.2, 0.25) is 18.1 Å². The second kappa shape index (κ2) is 7.13. The van der Waals surface area contributed by atoms with Crippen molar-refractivity contribution in [1.82, 2.24) is 9.78 Å². The van der Waals surface area contributed by atoms with Crippen molar-refractivity contribution in [2.45, 2.75) is 45.5 Å². The summed E-state index contributed by atoms with van der Waals surface area (Å²) in [6.07, 6.45) is 0. The number of aromatic nitrogens is 2. The average Bonchev–Trinajstić information content (AvgIpc) is 2.92. The molecule has 1 aromatic heterocycles. The summed E-state index contributed by atoms with van der Waals surface area (Å²) in [5.41, 5.74) is 3.01. The summed E-state index contributed by atoms with van der Waals surface area (Å²) in [4.78, 5) is 12.0. The topological polar surface area (TPSA) is 53.4 Å². The van der Waals surface area contributed by atoms with Crippen LogP contribution in [0.25, 0.3) is 11.3 Å². The zero-order chi connectivity index (χ0) is 18.8. The lowest BCUT2D eigenvalue weighted by atomic mass is 10.0. The number of esters is 1. The van der Waals surface area contributed by atoms with E-state index in [0.29, 0.717) is 12.2 Å². The number of nitrogens with zero attached hydrogens (tertiary/aromatic N) is 2. The van der Waals surface area contributed by atoms with Crippen molar-refractivity contribution in [2.75, 3.05) is 7.11 Å². The van der Waals surface area contributed by atoms with Gasteiger partial charge in [-0.3, -0.25) is 4.68 Å². The zero-order valence-corrected chi connectivity index (χ0v) is 17.2. The molecule has 0 bridgehead atoms. The Morgan fingerprint density at radius 2 is 1.88 bits per heavy atom. The second-order valence-corrected chi connectivity index (χ2v) is 12.5. The largest absolute Gasteiger partial charge is 0.465 e. The van der Waals surface area contributed by atoms with E-state index in [9.17, 15) is 4.79 Å². The molecule has 0 N–H and O–H groups in total. The van der Waals surface area contributed by atoms with Gasteiger partial charge in [-0.2, -0.15) is 5.10 Å².